The second-order valence-corrected chi connectivity index (χ2v) is 27.8. The van der Waals surface area contributed by atoms with E-state index in [9.17, 15) is 186 Å². The largest absolute Gasteiger partial charge is 0.872 e. The van der Waals surface area contributed by atoms with Crippen molar-refractivity contribution in [2.45, 2.75) is 83.8 Å². The summed E-state index contributed by atoms with van der Waals surface area (Å²) in [6.07, 6.45) is 0.344. The van der Waals surface area contributed by atoms with E-state index in [1.165, 1.54) is 24.3 Å². The molecule has 116 heavy (non-hydrogen) atoms. The lowest BCUT2D eigenvalue weighted by Gasteiger charge is -2.28. The van der Waals surface area contributed by atoms with E-state index in [-0.39, 0.29) is 88.0 Å². The van der Waals surface area contributed by atoms with Crippen LogP contribution in [0.5, 0.6) is 17.2 Å². The Morgan fingerprint density at radius 2 is 0.845 bits per heavy atom. The number of carboxylic acid groups (broad SMARTS) is 13. The Labute approximate surface area is 657 Å². The third-order valence-electron chi connectivity index (χ3n) is 13.0. The van der Waals surface area contributed by atoms with Crippen molar-refractivity contribution in [2.24, 2.45) is 5.41 Å². The lowest BCUT2D eigenvalue weighted by molar-refractivity contribution is -0.432. The maximum absolute atomic E-state index is 11.1. The molecule has 0 aliphatic carbocycles. The van der Waals surface area contributed by atoms with Gasteiger partial charge in [-0.2, -0.15) is 0 Å². The molecule has 0 amide bonds. The molecule has 7 aromatic carbocycles. The van der Waals surface area contributed by atoms with Crippen molar-refractivity contribution in [3.8, 4) is 28.4 Å². The highest BCUT2D eigenvalue weighted by atomic mass is 32.2. The molecule has 0 fully saturated rings. The number of aromatic carboxylic acids is 7. The van der Waals surface area contributed by atoms with Crippen molar-refractivity contribution in [3.05, 3.63) is 202 Å². The molecule has 7 aromatic rings. The minimum absolute atomic E-state index is 0.0498. The van der Waals surface area contributed by atoms with E-state index in [4.69, 9.17) is 15.5 Å². The fraction of sp³-hybridized carbons (Fsp3) is 0.149. The minimum atomic E-state index is -4.95. The van der Waals surface area contributed by atoms with Gasteiger partial charge < -0.3 is 153 Å². The van der Waals surface area contributed by atoms with Crippen LogP contribution in [0.3, 0.4) is 0 Å². The summed E-state index contributed by atoms with van der Waals surface area (Å²) in [5.41, 5.74) is -1.65. The molecule has 0 spiro atoms. The molecule has 49 heteroatoms. The second-order valence-electron chi connectivity index (χ2n) is 21.6. The summed E-state index contributed by atoms with van der Waals surface area (Å²) in [6, 6.07) is 27.7. The van der Waals surface area contributed by atoms with Crippen molar-refractivity contribution in [1.82, 2.24) is 0 Å². The quantitative estimate of drug-likeness (QED) is 0.0129. The first-order valence-electron chi connectivity index (χ1n) is 30.0. The lowest BCUT2D eigenvalue weighted by atomic mass is 9.81. The zero-order chi connectivity index (χ0) is 90.1. The summed E-state index contributed by atoms with van der Waals surface area (Å²) in [5.74, 6) is -19.8. The summed E-state index contributed by atoms with van der Waals surface area (Å²) in [5, 5.41) is 171. The van der Waals surface area contributed by atoms with Crippen LogP contribution in [0.1, 0.15) is 132 Å². The highest BCUT2D eigenvalue weighted by Gasteiger charge is 2.22. The van der Waals surface area contributed by atoms with Crippen molar-refractivity contribution >= 4 is 130 Å². The normalized spacial score (nSPS) is 10.7. The molecule has 0 atom stereocenters. The second kappa shape index (κ2) is 49.2. The van der Waals surface area contributed by atoms with Crippen LogP contribution in [-0.4, -0.2) is 150 Å². The van der Waals surface area contributed by atoms with Gasteiger partial charge in [-0.1, -0.05) is 134 Å². The van der Waals surface area contributed by atoms with Crippen LogP contribution in [-0.2, 0) is 78.6 Å². The van der Waals surface area contributed by atoms with Gasteiger partial charge >= 0.3 is 11.9 Å². The lowest BCUT2D eigenvalue weighted by Crippen LogP contribution is -2.35. The van der Waals surface area contributed by atoms with Gasteiger partial charge in [0.25, 0.3) is 0 Å². The van der Waals surface area contributed by atoms with Gasteiger partial charge in [0, 0.05) is 35.5 Å². The van der Waals surface area contributed by atoms with E-state index in [1.54, 1.807) is 38.1 Å². The molecule has 7 rings (SSSR count). The number of carbonyl (C=O) groups excluding carboxylic acids is 11. The maximum Gasteiger partial charge on any atom is 0.335 e. The SMILES string of the molecule is C/C(=C/C(=O)[O-])C(=O)[O-].CCC(C)(CC(=O)[O-])CC(=O)[O-].O=C([O-])CCCC(=O)O.O=C([O-])c1cc([O-])cc(C(=O)O)c1.O=C([O-])c1ccc(C(=O)[O-])cc1.O=C([O-])c1ccc(S(=O)(=O)[O-])cc1.O=C([O-])c1ccccc1-c1ccccc1C(=O)[O-].O=S(=O)([O-])c1cc(O)c(SOOO)cc1[O-].O=S(=O)([O-])c1cccc(S(=O)(=O)[O-])c1. The number of carboxylic acids is 13. The first-order chi connectivity index (χ1) is 53.3. The van der Waals surface area contributed by atoms with Crippen LogP contribution in [0.4, 0.5) is 0 Å². The number of aromatic hydroxyl groups is 1. The van der Waals surface area contributed by atoms with Crippen molar-refractivity contribution in [2.75, 3.05) is 0 Å². The molecule has 0 unspecified atom stereocenters. The number of hydrogen-bond donors (Lipinski definition) is 4. The molecular weight excluding hydrogens is 1670 g/mol. The topological polar surface area (TPSA) is 850 Å². The predicted octanol–water partition coefficient (Wildman–Crippen LogP) is -9.33. The van der Waals surface area contributed by atoms with Gasteiger partial charge in [-0.3, -0.25) is 4.79 Å². The van der Waals surface area contributed by atoms with Gasteiger partial charge in [-0.15, -0.1) is 10.1 Å². The van der Waals surface area contributed by atoms with Gasteiger partial charge in [0.1, 0.15) is 46.2 Å². The number of hydrogen-bond acceptors (Lipinski definition) is 43. The van der Waals surface area contributed by atoms with E-state index in [0.29, 0.717) is 41.8 Å². The molecule has 44 nitrogen and oxygen atoms in total. The van der Waals surface area contributed by atoms with E-state index >= 15 is 0 Å². The van der Waals surface area contributed by atoms with Crippen molar-refractivity contribution in [1.29, 1.82) is 0 Å². The van der Waals surface area contributed by atoms with Crippen LogP contribution in [0.25, 0.3) is 11.1 Å². The third kappa shape index (κ3) is 42.3. The smallest absolute Gasteiger partial charge is 0.335 e. The number of phenols is 1. The van der Waals surface area contributed by atoms with E-state index in [2.05, 4.69) is 9.37 Å². The fourth-order valence-electron chi connectivity index (χ4n) is 7.39. The van der Waals surface area contributed by atoms with Crippen LogP contribution < -0.4 is 66.4 Å². The molecule has 0 saturated carbocycles. The van der Waals surface area contributed by atoms with Crippen molar-refractivity contribution < 1.29 is 211 Å². The summed E-state index contributed by atoms with van der Waals surface area (Å²) < 4.78 is 130. The highest BCUT2D eigenvalue weighted by molar-refractivity contribution is 7.94. The first kappa shape index (κ1) is 105. The zero-order valence-corrected chi connectivity index (χ0v) is 62.5. The Morgan fingerprint density at radius 1 is 0.457 bits per heavy atom. The monoisotopic (exact) mass is 1720 g/mol. The zero-order valence-electron chi connectivity index (χ0n) is 58.4. The molecule has 0 aliphatic rings. The van der Waals surface area contributed by atoms with Gasteiger partial charge in [0.2, 0.25) is 0 Å². The molecule has 0 bridgehead atoms. The molecule has 0 saturated heterocycles. The predicted molar refractivity (Wildman–Crippen MR) is 348 cm³/mol. The Morgan fingerprint density at radius 3 is 1.15 bits per heavy atom. The fourth-order valence-corrected chi connectivity index (χ4v) is 9.93. The molecule has 630 valence electrons. The number of carbonyl (C=O) groups is 13. The average molecular weight is 1720 g/mol. The van der Waals surface area contributed by atoms with Crippen molar-refractivity contribution in [3.63, 3.8) is 0 Å². The Hall–Kier alpha value is -13.3. The Balaban J connectivity index is 0. The molecular formula is C67H51O44S5-17. The van der Waals surface area contributed by atoms with Gasteiger partial charge in [0.05, 0.1) is 89.8 Å². The highest BCUT2D eigenvalue weighted by Crippen LogP contribution is 2.36. The number of aliphatic carboxylic acids is 6. The standard InChI is InChI=1S/C14H10O4.C8H6O5.C8H6O4.C8H14O4.C7H6O5S.C6H6O8S2.C6H6O6S2.C5H6O4.C5H8O4/c15-13(16)11-7-3-1-5-9(11)10-6-2-4-8-12(10)14(17)18;9-6-2-4(7(10)11)1-5(3-6)8(12)13;9-7(10)5-1-2-6(4-3-5)8(11)12;1-3-8(2,4-6(9)10)5-7(11)12;8-7(9)5-1-3-6(4-2-5)13(10,11)12;7-3-2-6(16(10,11)12)4(8)1-5(3)15-14-13-9;7-13(8,9)5-2-1-3-6(4-5)14(10,11)12;1-3(5(8)9)2-4(6)7;6-4(7)2-1-3-5(8)9/h1-8H,(H,15,16)(H,17,18);1-3,9H,(H,10,11)(H,12,13);1-4H,(H,9,10)(H,11,12);3-5H2,1-2H3,(H,9,10)(H,11,12);1-4H,(H,8,9)(H,10,11,12);1-2,7-9H,(H,10,11,12);1-4H,(H,7,8,9)(H,10,11,12);2H,1H3,(H,6,7)(H,8,9);1-3H2,(H,6,7)(H,8,9)/p-17/b;;;;;;;3-2-;. The Kier molecular flexibility index (Phi) is 44.4. The molecule has 4 N–H and O–H groups in total. The summed E-state index contributed by atoms with van der Waals surface area (Å²) >= 11 is 0.261. The number of rotatable bonds is 26. The maximum atomic E-state index is 11.1. The van der Waals surface area contributed by atoms with Gasteiger partial charge in [-0.25, -0.2) is 43.7 Å². The minimum Gasteiger partial charge on any atom is -0.872 e. The molecule has 0 heterocycles. The molecule has 0 radical (unpaired) electrons. The third-order valence-corrected chi connectivity index (χ3v) is 17.0. The van der Waals surface area contributed by atoms with Crippen LogP contribution in [0.2, 0.25) is 0 Å². The summed E-state index contributed by atoms with van der Waals surface area (Å²) in [7, 11) is -18.9. The van der Waals surface area contributed by atoms with E-state index < -0.39 is 166 Å². The van der Waals surface area contributed by atoms with Crippen LogP contribution in [0, 0.1) is 5.41 Å². The Bertz CT molecular complexity index is 4990. The summed E-state index contributed by atoms with van der Waals surface area (Å²) in [6.45, 7) is 4.45. The van der Waals surface area contributed by atoms with Gasteiger partial charge in [0.15, 0.2) is 0 Å². The summed E-state index contributed by atoms with van der Waals surface area (Å²) in [4.78, 5) is 129. The van der Waals surface area contributed by atoms with E-state index in [0.717, 1.165) is 91.9 Å². The average Bonchev–Trinajstić information content (AvgIpc) is 0.816. The van der Waals surface area contributed by atoms with E-state index in [1.807, 2.05) is 0 Å². The van der Waals surface area contributed by atoms with Crippen LogP contribution in [0.15, 0.2) is 188 Å². The first-order valence-corrected chi connectivity index (χ1v) is 36.4. The molecule has 0 aliphatic heterocycles. The van der Waals surface area contributed by atoms with Crippen LogP contribution >= 0.6 is 12.0 Å². The number of benzene rings is 7. The number of phenolic OH excluding ortho intramolecular Hbond substituents is 1. The molecule has 0 aromatic heterocycles. The van der Waals surface area contributed by atoms with Gasteiger partial charge in [-0.05, 0) is 132 Å².